The topological polar surface area (TPSA) is 72.8 Å². The Morgan fingerprint density at radius 2 is 1.92 bits per heavy atom. The molecule has 2 aromatic heterocycles. The third-order valence-electron chi connectivity index (χ3n) is 8.37. The Kier molecular flexibility index (Phi) is 6.01. The maximum atomic E-state index is 13.5. The molecule has 194 valence electrons. The van der Waals surface area contributed by atoms with Crippen molar-refractivity contribution in [2.45, 2.75) is 58.0 Å². The van der Waals surface area contributed by atoms with Gasteiger partial charge in [0, 0.05) is 18.8 Å². The Labute approximate surface area is 221 Å². The standard InChI is InChI=1S/C31H31FN4O2/c1-21(37)38-31(16-14-29-33-20-27(35-29)22-7-4-3-5-8-22)15-6-9-24-17-28-23(18-30(24,31)2)19-34-36(28)26-12-10-25(32)11-13-26/h3-5,7-8,10-13,17,19-20H,6,9,14-16,18H2,1-2H3,(H,33,35)/t30-,31+/m0/s1. The average Bonchev–Trinajstić information content (AvgIpc) is 3.55. The van der Waals surface area contributed by atoms with Gasteiger partial charge in [-0.05, 0) is 73.6 Å². The van der Waals surface area contributed by atoms with Crippen molar-refractivity contribution in [3.8, 4) is 16.9 Å². The second-order valence-electron chi connectivity index (χ2n) is 10.7. The van der Waals surface area contributed by atoms with Crippen molar-refractivity contribution < 1.29 is 13.9 Å². The monoisotopic (exact) mass is 510 g/mol. The number of nitrogens with one attached hydrogen (secondary N) is 1. The zero-order chi connectivity index (χ0) is 26.3. The number of carbonyl (C=O) groups excluding carboxylic acids is 1. The molecule has 0 bridgehead atoms. The Bertz CT molecular complexity index is 1500. The zero-order valence-corrected chi connectivity index (χ0v) is 21.7. The molecule has 6 rings (SSSR count). The number of aryl methyl sites for hydroxylation is 1. The molecular weight excluding hydrogens is 479 g/mol. The number of ether oxygens (including phenoxy) is 1. The number of carbonyl (C=O) groups is 1. The van der Waals surface area contributed by atoms with Gasteiger partial charge in [0.1, 0.15) is 17.2 Å². The predicted octanol–water partition coefficient (Wildman–Crippen LogP) is 6.47. The van der Waals surface area contributed by atoms with Gasteiger partial charge in [-0.25, -0.2) is 14.1 Å². The van der Waals surface area contributed by atoms with E-state index in [1.807, 2.05) is 35.3 Å². The number of hydrogen-bond acceptors (Lipinski definition) is 4. The van der Waals surface area contributed by atoms with Crippen molar-refractivity contribution in [3.63, 3.8) is 0 Å². The molecular formula is C31H31FN4O2. The highest BCUT2D eigenvalue weighted by Gasteiger charge is 2.56. The van der Waals surface area contributed by atoms with E-state index in [2.05, 4.69) is 40.2 Å². The Hall–Kier alpha value is -4.00. The van der Waals surface area contributed by atoms with Gasteiger partial charge in [-0.2, -0.15) is 5.10 Å². The minimum atomic E-state index is -0.654. The fourth-order valence-electron chi connectivity index (χ4n) is 6.40. The number of benzene rings is 2. The van der Waals surface area contributed by atoms with Crippen molar-refractivity contribution in [2.75, 3.05) is 0 Å². The molecule has 7 heteroatoms. The maximum absolute atomic E-state index is 13.5. The van der Waals surface area contributed by atoms with Crippen LogP contribution in [0.2, 0.25) is 0 Å². The molecule has 6 nitrogen and oxygen atoms in total. The molecule has 2 aliphatic carbocycles. The molecule has 1 saturated carbocycles. The van der Waals surface area contributed by atoms with Crippen LogP contribution in [-0.4, -0.2) is 31.3 Å². The minimum absolute atomic E-state index is 0.260. The minimum Gasteiger partial charge on any atom is -0.458 e. The van der Waals surface area contributed by atoms with Gasteiger partial charge >= 0.3 is 5.97 Å². The van der Waals surface area contributed by atoms with E-state index in [1.165, 1.54) is 24.6 Å². The quantitative estimate of drug-likeness (QED) is 0.302. The second-order valence-corrected chi connectivity index (χ2v) is 10.7. The lowest BCUT2D eigenvalue weighted by Crippen LogP contribution is -2.55. The summed E-state index contributed by atoms with van der Waals surface area (Å²) in [6, 6.07) is 16.5. The third kappa shape index (κ3) is 4.16. The summed E-state index contributed by atoms with van der Waals surface area (Å²) in [6.45, 7) is 3.74. The van der Waals surface area contributed by atoms with Crippen molar-refractivity contribution in [1.29, 1.82) is 0 Å². The van der Waals surface area contributed by atoms with Crippen LogP contribution < -0.4 is 0 Å². The lowest BCUT2D eigenvalue weighted by Gasteiger charge is -2.53. The summed E-state index contributed by atoms with van der Waals surface area (Å²) in [5.41, 5.74) is 5.26. The first-order valence-corrected chi connectivity index (χ1v) is 13.2. The predicted molar refractivity (Wildman–Crippen MR) is 144 cm³/mol. The number of H-pyrrole nitrogens is 1. The van der Waals surface area contributed by atoms with E-state index in [9.17, 15) is 9.18 Å². The fraction of sp³-hybridized carbons (Fsp3) is 0.323. The van der Waals surface area contributed by atoms with E-state index >= 15 is 0 Å². The maximum Gasteiger partial charge on any atom is 0.303 e. The van der Waals surface area contributed by atoms with Gasteiger partial charge in [0.25, 0.3) is 0 Å². The van der Waals surface area contributed by atoms with Crippen molar-refractivity contribution in [3.05, 3.63) is 95.5 Å². The first-order valence-electron chi connectivity index (χ1n) is 13.2. The lowest BCUT2D eigenvalue weighted by atomic mass is 9.56. The van der Waals surface area contributed by atoms with E-state index in [4.69, 9.17) is 4.74 Å². The number of hydrogen-bond donors (Lipinski definition) is 1. The largest absolute Gasteiger partial charge is 0.458 e. The van der Waals surface area contributed by atoms with E-state index in [1.54, 1.807) is 12.1 Å². The first-order chi connectivity index (χ1) is 18.4. The van der Waals surface area contributed by atoms with Gasteiger partial charge in [-0.3, -0.25) is 4.79 Å². The van der Waals surface area contributed by atoms with Crippen LogP contribution in [0.3, 0.4) is 0 Å². The second kappa shape index (κ2) is 9.39. The number of imidazole rings is 1. The van der Waals surface area contributed by atoms with Gasteiger partial charge in [-0.1, -0.05) is 42.8 Å². The highest BCUT2D eigenvalue weighted by Crippen LogP contribution is 2.56. The summed E-state index contributed by atoms with van der Waals surface area (Å²) in [4.78, 5) is 20.6. The molecule has 1 N–H and O–H groups in total. The zero-order valence-electron chi connectivity index (χ0n) is 21.7. The van der Waals surface area contributed by atoms with Crippen LogP contribution in [0.15, 0.2) is 72.6 Å². The number of halogens is 1. The van der Waals surface area contributed by atoms with Crippen LogP contribution in [0, 0.1) is 11.2 Å². The fourth-order valence-corrected chi connectivity index (χ4v) is 6.40. The molecule has 0 radical (unpaired) electrons. The molecule has 0 amide bonds. The van der Waals surface area contributed by atoms with Crippen LogP contribution >= 0.6 is 0 Å². The Morgan fingerprint density at radius 1 is 1.13 bits per heavy atom. The molecule has 2 aliphatic rings. The Morgan fingerprint density at radius 3 is 2.68 bits per heavy atom. The number of aromatic amines is 1. The van der Waals surface area contributed by atoms with Crippen LogP contribution in [0.4, 0.5) is 4.39 Å². The van der Waals surface area contributed by atoms with Gasteiger partial charge in [0.15, 0.2) is 0 Å². The van der Waals surface area contributed by atoms with Gasteiger partial charge in [0.2, 0.25) is 0 Å². The summed E-state index contributed by atoms with van der Waals surface area (Å²) in [5, 5.41) is 4.65. The van der Waals surface area contributed by atoms with Crippen molar-refractivity contribution >= 4 is 12.0 Å². The Balaban J connectivity index is 1.32. The third-order valence-corrected chi connectivity index (χ3v) is 8.37. The van der Waals surface area contributed by atoms with Crippen LogP contribution in [-0.2, 0) is 22.4 Å². The van der Waals surface area contributed by atoms with E-state index in [-0.39, 0.29) is 17.2 Å². The summed E-state index contributed by atoms with van der Waals surface area (Å²) >= 11 is 0. The molecule has 38 heavy (non-hydrogen) atoms. The molecule has 2 heterocycles. The molecule has 1 fully saturated rings. The molecule has 4 aromatic rings. The summed E-state index contributed by atoms with van der Waals surface area (Å²) in [5.74, 6) is 0.354. The van der Waals surface area contributed by atoms with E-state index in [0.29, 0.717) is 12.8 Å². The molecule has 0 unspecified atom stereocenters. The van der Waals surface area contributed by atoms with E-state index in [0.717, 1.165) is 59.7 Å². The molecule has 0 saturated heterocycles. The highest BCUT2D eigenvalue weighted by atomic mass is 19.1. The van der Waals surface area contributed by atoms with Crippen molar-refractivity contribution in [1.82, 2.24) is 19.7 Å². The lowest BCUT2D eigenvalue weighted by molar-refractivity contribution is -0.176. The van der Waals surface area contributed by atoms with Gasteiger partial charge in [0.05, 0.1) is 29.5 Å². The molecule has 2 atom stereocenters. The van der Waals surface area contributed by atoms with Crippen LogP contribution in [0.25, 0.3) is 23.0 Å². The number of esters is 1. The summed E-state index contributed by atoms with van der Waals surface area (Å²) in [7, 11) is 0. The number of aromatic nitrogens is 4. The summed E-state index contributed by atoms with van der Waals surface area (Å²) in [6.07, 6.45) is 10.7. The summed E-state index contributed by atoms with van der Waals surface area (Å²) < 4.78 is 21.7. The smallest absolute Gasteiger partial charge is 0.303 e. The number of nitrogens with zero attached hydrogens (tertiary/aromatic N) is 3. The van der Waals surface area contributed by atoms with Crippen LogP contribution in [0.5, 0.6) is 0 Å². The normalized spacial score (nSPS) is 22.3. The van der Waals surface area contributed by atoms with Gasteiger partial charge in [-0.15, -0.1) is 0 Å². The van der Waals surface area contributed by atoms with E-state index < -0.39 is 5.60 Å². The average molecular weight is 511 g/mol. The van der Waals surface area contributed by atoms with Crippen molar-refractivity contribution in [2.24, 2.45) is 5.41 Å². The SMILES string of the molecule is CC(=O)O[C@@]1(CCc2ncc(-c3ccccc3)[nH]2)CCCC2=Cc3c(cnn3-c3ccc(F)cc3)C[C@@]21C. The number of rotatable bonds is 6. The molecule has 0 spiro atoms. The number of fused-ring (bicyclic) bond motifs is 2. The van der Waals surface area contributed by atoms with Gasteiger partial charge < -0.3 is 9.72 Å². The first kappa shape index (κ1) is 24.3. The molecule has 2 aromatic carbocycles. The highest BCUT2D eigenvalue weighted by molar-refractivity contribution is 5.68. The van der Waals surface area contributed by atoms with Crippen LogP contribution in [0.1, 0.15) is 56.6 Å². The molecule has 0 aliphatic heterocycles.